The summed E-state index contributed by atoms with van der Waals surface area (Å²) in [5.74, 6) is -0.328. The third kappa shape index (κ3) is 2.84. The minimum absolute atomic E-state index is 0.443. The summed E-state index contributed by atoms with van der Waals surface area (Å²) in [5, 5.41) is 18.5. The Labute approximate surface area is 112 Å². The summed E-state index contributed by atoms with van der Waals surface area (Å²) in [6.45, 7) is 2.49. The van der Waals surface area contributed by atoms with Gasteiger partial charge in [0.1, 0.15) is 17.9 Å². The van der Waals surface area contributed by atoms with Crippen molar-refractivity contribution in [3.8, 4) is 6.07 Å². The number of rotatable bonds is 2. The van der Waals surface area contributed by atoms with E-state index in [0.717, 1.165) is 25.0 Å². The van der Waals surface area contributed by atoms with Crippen LogP contribution in [0.15, 0.2) is 12.1 Å². The van der Waals surface area contributed by atoms with E-state index in [1.807, 2.05) is 6.92 Å². The monoisotopic (exact) mass is 259 g/mol. The highest BCUT2D eigenvalue weighted by Crippen LogP contribution is 2.26. The number of aryl methyl sites for hydroxylation is 1. The first-order valence-corrected chi connectivity index (χ1v) is 6.50. The molecule has 5 heteroatoms. The predicted molar refractivity (Wildman–Crippen MR) is 70.9 cm³/mol. The van der Waals surface area contributed by atoms with Crippen molar-refractivity contribution in [2.24, 2.45) is 0 Å². The van der Waals surface area contributed by atoms with E-state index < -0.39 is 12.0 Å². The average molecular weight is 259 g/mol. The van der Waals surface area contributed by atoms with Gasteiger partial charge in [0.05, 0.1) is 5.56 Å². The molecule has 1 N–H and O–H groups in total. The largest absolute Gasteiger partial charge is 0.480 e. The van der Waals surface area contributed by atoms with Crippen LogP contribution in [0.4, 0.5) is 5.82 Å². The molecule has 1 aromatic heterocycles. The van der Waals surface area contributed by atoms with Crippen molar-refractivity contribution >= 4 is 11.8 Å². The summed E-state index contributed by atoms with van der Waals surface area (Å²) in [7, 11) is 0. The van der Waals surface area contributed by atoms with Crippen LogP contribution in [-0.4, -0.2) is 28.6 Å². The van der Waals surface area contributed by atoms with Crippen LogP contribution in [0, 0.1) is 18.3 Å². The van der Waals surface area contributed by atoms with E-state index in [-0.39, 0.29) is 0 Å². The van der Waals surface area contributed by atoms with Crippen LogP contribution in [-0.2, 0) is 4.79 Å². The van der Waals surface area contributed by atoms with E-state index in [2.05, 4.69) is 11.1 Å². The molecule has 1 fully saturated rings. The van der Waals surface area contributed by atoms with Crippen LogP contribution >= 0.6 is 0 Å². The summed E-state index contributed by atoms with van der Waals surface area (Å²) in [6.07, 6.45) is 3.47. The van der Waals surface area contributed by atoms with Crippen molar-refractivity contribution in [2.45, 2.75) is 38.6 Å². The van der Waals surface area contributed by atoms with E-state index in [4.69, 9.17) is 0 Å². The number of nitriles is 1. The molecule has 0 bridgehead atoms. The fourth-order valence-electron chi connectivity index (χ4n) is 2.47. The molecule has 1 aromatic rings. The van der Waals surface area contributed by atoms with Crippen LogP contribution in [0.2, 0.25) is 0 Å². The average Bonchev–Trinajstić information content (AvgIpc) is 2.64. The first kappa shape index (κ1) is 13.3. The fraction of sp³-hybridized carbons (Fsp3) is 0.500. The Morgan fingerprint density at radius 2 is 2.26 bits per heavy atom. The number of aromatic nitrogens is 1. The lowest BCUT2D eigenvalue weighted by atomic mass is 10.1. The molecule has 2 rings (SSSR count). The topological polar surface area (TPSA) is 77.2 Å². The lowest BCUT2D eigenvalue weighted by Crippen LogP contribution is -2.41. The molecule has 19 heavy (non-hydrogen) atoms. The highest BCUT2D eigenvalue weighted by atomic mass is 16.4. The van der Waals surface area contributed by atoms with Crippen molar-refractivity contribution < 1.29 is 9.90 Å². The van der Waals surface area contributed by atoms with Crippen molar-refractivity contribution in [3.05, 3.63) is 23.4 Å². The highest BCUT2D eigenvalue weighted by Gasteiger charge is 2.29. The second-order valence-electron chi connectivity index (χ2n) is 4.83. The molecule has 1 aliphatic heterocycles. The number of carboxylic acids is 1. The molecule has 5 nitrogen and oxygen atoms in total. The van der Waals surface area contributed by atoms with Crippen LogP contribution < -0.4 is 4.90 Å². The Kier molecular flexibility index (Phi) is 4.00. The smallest absolute Gasteiger partial charge is 0.326 e. The standard InChI is InChI=1S/C14H17N3O2/c1-10-6-7-11(9-15)13(16-10)17-8-4-2-3-5-12(17)14(18)19/h6-7,12H,2-5,8H2,1H3,(H,18,19). The molecule has 0 aromatic carbocycles. The van der Waals surface area contributed by atoms with Crippen molar-refractivity contribution in [1.82, 2.24) is 4.98 Å². The van der Waals surface area contributed by atoms with Crippen LogP contribution in [0.5, 0.6) is 0 Å². The van der Waals surface area contributed by atoms with Gasteiger partial charge in [-0.15, -0.1) is 0 Å². The molecular formula is C14H17N3O2. The molecule has 1 unspecified atom stereocenters. The summed E-state index contributed by atoms with van der Waals surface area (Å²) in [5.41, 5.74) is 1.24. The summed E-state index contributed by atoms with van der Waals surface area (Å²) >= 11 is 0. The number of aliphatic carboxylic acids is 1. The molecule has 1 saturated heterocycles. The van der Waals surface area contributed by atoms with Gasteiger partial charge in [0.25, 0.3) is 0 Å². The molecule has 2 heterocycles. The Morgan fingerprint density at radius 3 is 2.95 bits per heavy atom. The molecular weight excluding hydrogens is 242 g/mol. The van der Waals surface area contributed by atoms with Gasteiger partial charge < -0.3 is 10.0 Å². The number of carboxylic acid groups (broad SMARTS) is 1. The van der Waals surface area contributed by atoms with Gasteiger partial charge in [-0.25, -0.2) is 9.78 Å². The molecule has 1 atom stereocenters. The number of hydrogen-bond acceptors (Lipinski definition) is 4. The Balaban J connectivity index is 2.44. The van der Waals surface area contributed by atoms with Gasteiger partial charge in [-0.1, -0.05) is 12.8 Å². The maximum Gasteiger partial charge on any atom is 0.326 e. The second kappa shape index (κ2) is 5.70. The molecule has 0 amide bonds. The molecule has 0 radical (unpaired) electrons. The minimum Gasteiger partial charge on any atom is -0.480 e. The van der Waals surface area contributed by atoms with Gasteiger partial charge in [-0.2, -0.15) is 5.26 Å². The lowest BCUT2D eigenvalue weighted by molar-refractivity contribution is -0.138. The number of nitrogens with zero attached hydrogens (tertiary/aromatic N) is 3. The third-order valence-electron chi connectivity index (χ3n) is 3.44. The quantitative estimate of drug-likeness (QED) is 0.880. The van der Waals surface area contributed by atoms with E-state index in [1.165, 1.54) is 0 Å². The summed E-state index contributed by atoms with van der Waals surface area (Å²) in [6, 6.07) is 5.01. The Bertz CT molecular complexity index is 522. The van der Waals surface area contributed by atoms with Crippen LogP contribution in [0.25, 0.3) is 0 Å². The number of carbonyl (C=O) groups is 1. The fourth-order valence-corrected chi connectivity index (χ4v) is 2.47. The number of anilines is 1. The molecule has 0 aliphatic carbocycles. The molecule has 1 aliphatic rings. The second-order valence-corrected chi connectivity index (χ2v) is 4.83. The summed E-state index contributed by atoms with van der Waals surface area (Å²) < 4.78 is 0. The van der Waals surface area contributed by atoms with Gasteiger partial charge in [-0.05, 0) is 31.9 Å². The first-order chi connectivity index (χ1) is 9.13. The van der Waals surface area contributed by atoms with Crippen molar-refractivity contribution in [2.75, 3.05) is 11.4 Å². The molecule has 0 saturated carbocycles. The van der Waals surface area contributed by atoms with Gasteiger partial charge in [0.2, 0.25) is 0 Å². The SMILES string of the molecule is Cc1ccc(C#N)c(N2CCCCCC2C(=O)O)n1. The molecule has 100 valence electrons. The number of pyridine rings is 1. The Morgan fingerprint density at radius 1 is 1.47 bits per heavy atom. The van der Waals surface area contributed by atoms with Crippen LogP contribution in [0.3, 0.4) is 0 Å². The third-order valence-corrected chi connectivity index (χ3v) is 3.44. The normalized spacial score (nSPS) is 19.6. The van der Waals surface area contributed by atoms with Gasteiger partial charge in [0.15, 0.2) is 0 Å². The number of hydrogen-bond donors (Lipinski definition) is 1. The maximum atomic E-state index is 11.4. The molecule has 0 spiro atoms. The lowest BCUT2D eigenvalue weighted by Gasteiger charge is -2.28. The zero-order chi connectivity index (χ0) is 13.8. The van der Waals surface area contributed by atoms with Crippen molar-refractivity contribution in [3.63, 3.8) is 0 Å². The van der Waals surface area contributed by atoms with Gasteiger partial charge in [-0.3, -0.25) is 0 Å². The summed E-state index contributed by atoms with van der Waals surface area (Å²) in [4.78, 5) is 17.6. The van der Waals surface area contributed by atoms with E-state index in [9.17, 15) is 15.2 Å². The minimum atomic E-state index is -0.839. The zero-order valence-electron chi connectivity index (χ0n) is 11.0. The zero-order valence-corrected chi connectivity index (χ0v) is 11.0. The van der Waals surface area contributed by atoms with E-state index in [0.29, 0.717) is 24.3 Å². The van der Waals surface area contributed by atoms with E-state index in [1.54, 1.807) is 17.0 Å². The highest BCUT2D eigenvalue weighted by molar-refractivity contribution is 5.78. The van der Waals surface area contributed by atoms with Crippen LogP contribution in [0.1, 0.15) is 36.9 Å². The Hall–Kier alpha value is -2.09. The van der Waals surface area contributed by atoms with Gasteiger partial charge >= 0.3 is 5.97 Å². The first-order valence-electron chi connectivity index (χ1n) is 6.50. The van der Waals surface area contributed by atoms with Gasteiger partial charge in [0, 0.05) is 12.2 Å². The van der Waals surface area contributed by atoms with Crippen molar-refractivity contribution in [1.29, 1.82) is 5.26 Å². The maximum absolute atomic E-state index is 11.4. The predicted octanol–water partition coefficient (Wildman–Crippen LogP) is 2.10. The van der Waals surface area contributed by atoms with E-state index >= 15 is 0 Å².